The molecule has 0 saturated heterocycles. The number of nitrogens with one attached hydrogen (secondary N) is 3. The highest BCUT2D eigenvalue weighted by molar-refractivity contribution is 6.00. The molecule has 2 fully saturated rings. The number of anilines is 3. The highest BCUT2D eigenvalue weighted by atomic mass is 19.3. The van der Waals surface area contributed by atoms with Gasteiger partial charge in [0.15, 0.2) is 5.65 Å². The van der Waals surface area contributed by atoms with Gasteiger partial charge in [0.2, 0.25) is 0 Å². The van der Waals surface area contributed by atoms with Crippen LogP contribution >= 0.6 is 0 Å². The molecule has 3 heterocycles. The molecule has 0 aromatic carbocycles. The number of alkyl halides is 2. The average Bonchev–Trinajstić information content (AvgIpc) is 3.14. The predicted octanol–water partition coefficient (Wildman–Crippen LogP) is 2.93. The molecule has 2 aliphatic carbocycles. The summed E-state index contributed by atoms with van der Waals surface area (Å²) < 4.78 is 29.4. The fourth-order valence-corrected chi connectivity index (χ4v) is 4.04. The van der Waals surface area contributed by atoms with Gasteiger partial charge in [-0.25, -0.2) is 13.8 Å². The van der Waals surface area contributed by atoms with Crippen molar-refractivity contribution < 1.29 is 13.6 Å². The Morgan fingerprint density at radius 1 is 1.28 bits per heavy atom. The minimum absolute atomic E-state index is 0.171. The van der Waals surface area contributed by atoms with Crippen molar-refractivity contribution in [3.8, 4) is 0 Å². The van der Waals surface area contributed by atoms with Crippen molar-refractivity contribution in [2.45, 2.75) is 50.1 Å². The maximum atomic E-state index is 13.3. The van der Waals surface area contributed by atoms with Gasteiger partial charge in [-0.2, -0.15) is 9.61 Å². The monoisotopic (exact) mass is 443 g/mol. The van der Waals surface area contributed by atoms with E-state index in [9.17, 15) is 18.4 Å². The number of carbonyl (C=O) groups is 1. The molecule has 2 aliphatic rings. The zero-order chi connectivity index (χ0) is 22.5. The Hall–Kier alpha value is -3.50. The zero-order valence-corrected chi connectivity index (χ0v) is 17.4. The summed E-state index contributed by atoms with van der Waals surface area (Å²) >= 11 is 0. The maximum Gasteiger partial charge on any atom is 0.274 e. The Kier molecular flexibility index (Phi) is 4.83. The number of amides is 1. The molecule has 0 radical (unpaired) electrons. The van der Waals surface area contributed by atoms with Crippen LogP contribution < -0.4 is 21.5 Å². The second-order valence-corrected chi connectivity index (χ2v) is 8.35. The topological polar surface area (TPSA) is 105 Å². The van der Waals surface area contributed by atoms with Crippen LogP contribution in [0.1, 0.15) is 48.5 Å². The van der Waals surface area contributed by atoms with Crippen molar-refractivity contribution in [3.63, 3.8) is 0 Å². The normalized spacial score (nSPS) is 18.1. The molecule has 0 atom stereocenters. The van der Waals surface area contributed by atoms with Crippen molar-refractivity contribution in [2.75, 3.05) is 17.7 Å². The Bertz CT molecular complexity index is 1240. The van der Waals surface area contributed by atoms with Gasteiger partial charge in [-0.15, -0.1) is 0 Å². The molecule has 0 aliphatic heterocycles. The number of pyridine rings is 1. The molecule has 32 heavy (non-hydrogen) atoms. The highest BCUT2D eigenvalue weighted by Gasteiger charge is 2.46. The number of fused-ring (bicyclic) bond motifs is 1. The predicted molar refractivity (Wildman–Crippen MR) is 115 cm³/mol. The molecule has 3 N–H and O–H groups in total. The van der Waals surface area contributed by atoms with Gasteiger partial charge in [0.1, 0.15) is 22.9 Å². The Morgan fingerprint density at radius 2 is 2.06 bits per heavy atom. The van der Waals surface area contributed by atoms with Gasteiger partial charge in [0, 0.05) is 44.2 Å². The number of halogens is 2. The van der Waals surface area contributed by atoms with Crippen LogP contribution in [0.4, 0.5) is 26.1 Å². The maximum absolute atomic E-state index is 13.3. The van der Waals surface area contributed by atoms with E-state index in [-0.39, 0.29) is 30.5 Å². The van der Waals surface area contributed by atoms with E-state index >= 15 is 0 Å². The summed E-state index contributed by atoms with van der Waals surface area (Å²) in [6.07, 6.45) is 5.30. The van der Waals surface area contributed by atoms with Gasteiger partial charge in [-0.05, 0) is 31.4 Å². The number of rotatable bonds is 6. The third-order valence-corrected chi connectivity index (χ3v) is 6.11. The SMILES string of the molecule is CNc1cc(Nc2cccn(C3CC(F)(F)C3)c2=O)nc2c(C(=O)NC3CCC3)cnn12. The second kappa shape index (κ2) is 7.57. The lowest BCUT2D eigenvalue weighted by molar-refractivity contribution is -0.104. The third kappa shape index (κ3) is 3.57. The van der Waals surface area contributed by atoms with E-state index in [4.69, 9.17) is 0 Å². The lowest BCUT2D eigenvalue weighted by Gasteiger charge is -2.36. The lowest BCUT2D eigenvalue weighted by Crippen LogP contribution is -2.41. The quantitative estimate of drug-likeness (QED) is 0.541. The van der Waals surface area contributed by atoms with E-state index in [1.54, 1.807) is 25.2 Å². The van der Waals surface area contributed by atoms with Crippen LogP contribution in [0, 0.1) is 0 Å². The molecule has 168 valence electrons. The van der Waals surface area contributed by atoms with Crippen molar-refractivity contribution in [1.82, 2.24) is 24.5 Å². The number of aromatic nitrogens is 4. The molecular formula is C21H23F2N7O2. The summed E-state index contributed by atoms with van der Waals surface area (Å²) in [7, 11) is 1.71. The number of carbonyl (C=O) groups excluding carboxylic acids is 1. The minimum Gasteiger partial charge on any atom is -0.373 e. The van der Waals surface area contributed by atoms with E-state index in [2.05, 4.69) is 26.0 Å². The van der Waals surface area contributed by atoms with Crippen molar-refractivity contribution in [1.29, 1.82) is 0 Å². The highest BCUT2D eigenvalue weighted by Crippen LogP contribution is 2.44. The molecule has 0 spiro atoms. The van der Waals surface area contributed by atoms with Gasteiger partial charge in [0.25, 0.3) is 17.4 Å². The molecule has 3 aromatic rings. The van der Waals surface area contributed by atoms with Crippen LogP contribution in [0.5, 0.6) is 0 Å². The van der Waals surface area contributed by atoms with Gasteiger partial charge in [-0.1, -0.05) is 0 Å². The number of hydrogen-bond acceptors (Lipinski definition) is 6. The fourth-order valence-electron chi connectivity index (χ4n) is 4.04. The van der Waals surface area contributed by atoms with Gasteiger partial charge < -0.3 is 20.5 Å². The van der Waals surface area contributed by atoms with Crippen molar-refractivity contribution in [2.24, 2.45) is 0 Å². The van der Waals surface area contributed by atoms with Crippen molar-refractivity contribution >= 4 is 28.9 Å². The van der Waals surface area contributed by atoms with Gasteiger partial charge in [0.05, 0.1) is 6.20 Å². The first-order valence-electron chi connectivity index (χ1n) is 10.6. The summed E-state index contributed by atoms with van der Waals surface area (Å²) in [5.41, 5.74) is 0.476. The van der Waals surface area contributed by atoms with E-state index in [0.29, 0.717) is 22.8 Å². The van der Waals surface area contributed by atoms with Crippen LogP contribution in [-0.2, 0) is 0 Å². The summed E-state index contributed by atoms with van der Waals surface area (Å²) in [5.74, 6) is -2.08. The van der Waals surface area contributed by atoms with Crippen LogP contribution in [-0.4, -0.2) is 44.1 Å². The van der Waals surface area contributed by atoms with Crippen LogP contribution in [0.25, 0.3) is 5.65 Å². The average molecular weight is 443 g/mol. The summed E-state index contributed by atoms with van der Waals surface area (Å²) in [4.78, 5) is 30.1. The molecule has 0 unspecified atom stereocenters. The fraction of sp³-hybridized carbons (Fsp3) is 0.429. The molecule has 9 nitrogen and oxygen atoms in total. The third-order valence-electron chi connectivity index (χ3n) is 6.11. The summed E-state index contributed by atoms with van der Waals surface area (Å²) in [6.45, 7) is 0. The van der Waals surface area contributed by atoms with E-state index < -0.39 is 17.5 Å². The molecule has 5 rings (SSSR count). The number of hydrogen-bond donors (Lipinski definition) is 3. The number of nitrogens with zero attached hydrogens (tertiary/aromatic N) is 4. The molecule has 2 saturated carbocycles. The molecule has 1 amide bonds. The van der Waals surface area contributed by atoms with Gasteiger partial charge >= 0.3 is 0 Å². The Balaban J connectivity index is 1.46. The summed E-state index contributed by atoms with van der Waals surface area (Å²) in [6, 6.07) is 4.50. The van der Waals surface area contributed by atoms with E-state index in [1.807, 2.05) is 0 Å². The summed E-state index contributed by atoms with van der Waals surface area (Å²) in [5, 5.41) is 13.2. The first-order valence-corrected chi connectivity index (χ1v) is 10.6. The second-order valence-electron chi connectivity index (χ2n) is 8.35. The molecule has 0 bridgehead atoms. The zero-order valence-electron chi connectivity index (χ0n) is 17.4. The Morgan fingerprint density at radius 3 is 2.72 bits per heavy atom. The Labute approximate surface area is 181 Å². The first-order chi connectivity index (χ1) is 15.3. The standard InChI is InChI=1S/C21H23F2N7O2/c1-24-17-8-16(27-15-6-3-7-29(20(15)32)13-9-21(22,23)10-13)28-18-14(11-25-30(17)18)19(31)26-12-4-2-5-12/h3,6-8,11-13,24H,2,4-5,9-10H2,1H3,(H,26,31)(H,27,28). The van der Waals surface area contributed by atoms with Gasteiger partial charge in [-0.3, -0.25) is 9.59 Å². The van der Waals surface area contributed by atoms with Crippen molar-refractivity contribution in [3.05, 3.63) is 46.5 Å². The minimum atomic E-state index is -2.72. The lowest BCUT2D eigenvalue weighted by atomic mass is 9.88. The first kappa shape index (κ1) is 20.4. The van der Waals surface area contributed by atoms with E-state index in [0.717, 1.165) is 19.3 Å². The van der Waals surface area contributed by atoms with Crippen LogP contribution in [0.3, 0.4) is 0 Å². The van der Waals surface area contributed by atoms with Crippen LogP contribution in [0.15, 0.2) is 35.4 Å². The molecule has 3 aromatic heterocycles. The molecular weight excluding hydrogens is 420 g/mol. The smallest absolute Gasteiger partial charge is 0.274 e. The van der Waals surface area contributed by atoms with E-state index in [1.165, 1.54) is 21.5 Å². The van der Waals surface area contributed by atoms with Crippen LogP contribution in [0.2, 0.25) is 0 Å². The molecule has 11 heteroatoms. The largest absolute Gasteiger partial charge is 0.373 e.